The van der Waals surface area contributed by atoms with E-state index in [-0.39, 0.29) is 12.3 Å². The van der Waals surface area contributed by atoms with E-state index in [0.29, 0.717) is 47.8 Å². The molecule has 0 saturated heterocycles. The fourth-order valence-corrected chi connectivity index (χ4v) is 2.95. The van der Waals surface area contributed by atoms with Crippen LogP contribution in [0.3, 0.4) is 0 Å². The molecule has 0 radical (unpaired) electrons. The monoisotopic (exact) mass is 409 g/mol. The third-order valence-corrected chi connectivity index (χ3v) is 4.62. The SMILES string of the molecule is CCOc1ccc(NC(=O)CCc2nc(-c3ccc(C(C)C)cc3)no2)cc1OC. The van der Waals surface area contributed by atoms with Crippen LogP contribution in [-0.2, 0) is 11.2 Å². The zero-order chi connectivity index (χ0) is 21.5. The zero-order valence-corrected chi connectivity index (χ0v) is 17.8. The molecule has 1 heterocycles. The van der Waals surface area contributed by atoms with E-state index in [1.165, 1.54) is 5.56 Å². The van der Waals surface area contributed by atoms with Crippen LogP contribution in [0.25, 0.3) is 11.4 Å². The third kappa shape index (κ3) is 5.37. The van der Waals surface area contributed by atoms with Crippen LogP contribution in [0.2, 0.25) is 0 Å². The summed E-state index contributed by atoms with van der Waals surface area (Å²) in [5.74, 6) is 2.47. The van der Waals surface area contributed by atoms with Gasteiger partial charge in [-0.1, -0.05) is 43.3 Å². The van der Waals surface area contributed by atoms with Crippen molar-refractivity contribution in [1.82, 2.24) is 10.1 Å². The van der Waals surface area contributed by atoms with Gasteiger partial charge < -0.3 is 19.3 Å². The predicted octanol–water partition coefficient (Wildman–Crippen LogP) is 4.84. The topological polar surface area (TPSA) is 86.5 Å². The Bertz CT molecular complexity index is 980. The largest absolute Gasteiger partial charge is 0.493 e. The van der Waals surface area contributed by atoms with E-state index in [4.69, 9.17) is 14.0 Å². The van der Waals surface area contributed by atoms with Gasteiger partial charge in [0, 0.05) is 30.2 Å². The van der Waals surface area contributed by atoms with Crippen LogP contribution in [0.4, 0.5) is 5.69 Å². The van der Waals surface area contributed by atoms with Crippen LogP contribution >= 0.6 is 0 Å². The number of rotatable bonds is 9. The summed E-state index contributed by atoms with van der Waals surface area (Å²) in [7, 11) is 1.56. The smallest absolute Gasteiger partial charge is 0.227 e. The third-order valence-electron chi connectivity index (χ3n) is 4.62. The van der Waals surface area contributed by atoms with Crippen LogP contribution < -0.4 is 14.8 Å². The Balaban J connectivity index is 1.56. The van der Waals surface area contributed by atoms with Crippen molar-refractivity contribution in [2.45, 2.75) is 39.5 Å². The molecule has 0 spiro atoms. The number of aryl methyl sites for hydroxylation is 1. The highest BCUT2D eigenvalue weighted by atomic mass is 16.5. The maximum atomic E-state index is 12.3. The Labute approximate surface area is 176 Å². The van der Waals surface area contributed by atoms with Crippen molar-refractivity contribution < 1.29 is 18.8 Å². The Morgan fingerprint density at radius 1 is 1.13 bits per heavy atom. The first-order valence-electron chi connectivity index (χ1n) is 10.0. The standard InChI is InChI=1S/C23H27N3O4/c1-5-29-19-11-10-18(14-20(19)28-4)24-21(27)12-13-22-25-23(26-30-22)17-8-6-16(7-9-17)15(2)3/h6-11,14-15H,5,12-13H2,1-4H3,(H,24,27). The van der Waals surface area contributed by atoms with E-state index in [2.05, 4.69) is 41.4 Å². The highest BCUT2D eigenvalue weighted by molar-refractivity contribution is 5.91. The molecule has 0 unspecified atom stereocenters. The second-order valence-electron chi connectivity index (χ2n) is 7.14. The van der Waals surface area contributed by atoms with Crippen molar-refractivity contribution in [1.29, 1.82) is 0 Å². The zero-order valence-electron chi connectivity index (χ0n) is 17.8. The normalized spacial score (nSPS) is 10.8. The first-order valence-corrected chi connectivity index (χ1v) is 10.0. The van der Waals surface area contributed by atoms with E-state index in [0.717, 1.165) is 5.56 Å². The van der Waals surface area contributed by atoms with Gasteiger partial charge in [-0.3, -0.25) is 4.79 Å². The van der Waals surface area contributed by atoms with Gasteiger partial charge in [0.05, 0.1) is 13.7 Å². The van der Waals surface area contributed by atoms with Gasteiger partial charge in [-0.15, -0.1) is 0 Å². The van der Waals surface area contributed by atoms with Crippen molar-refractivity contribution in [2.75, 3.05) is 19.0 Å². The Morgan fingerprint density at radius 2 is 1.90 bits per heavy atom. The fraction of sp³-hybridized carbons (Fsp3) is 0.348. The molecule has 30 heavy (non-hydrogen) atoms. The molecule has 1 N–H and O–H groups in total. The van der Waals surface area contributed by atoms with Gasteiger partial charge in [0.1, 0.15) is 0 Å². The highest BCUT2D eigenvalue weighted by Gasteiger charge is 2.12. The fourth-order valence-electron chi connectivity index (χ4n) is 2.95. The highest BCUT2D eigenvalue weighted by Crippen LogP contribution is 2.30. The van der Waals surface area contributed by atoms with Crippen LogP contribution in [0.5, 0.6) is 11.5 Å². The average molecular weight is 409 g/mol. The second kappa shape index (κ2) is 9.91. The molecule has 3 rings (SSSR count). The Kier molecular flexibility index (Phi) is 7.06. The number of aromatic nitrogens is 2. The van der Waals surface area contributed by atoms with Gasteiger partial charge in [0.25, 0.3) is 0 Å². The summed E-state index contributed by atoms with van der Waals surface area (Å²) in [6.07, 6.45) is 0.584. The number of anilines is 1. The Hall–Kier alpha value is -3.35. The number of nitrogens with zero attached hydrogens (tertiary/aromatic N) is 2. The van der Waals surface area contributed by atoms with Gasteiger partial charge in [-0.2, -0.15) is 4.98 Å². The molecule has 0 atom stereocenters. The maximum absolute atomic E-state index is 12.3. The van der Waals surface area contributed by atoms with Crippen LogP contribution in [-0.4, -0.2) is 29.8 Å². The van der Waals surface area contributed by atoms with Crippen molar-refractivity contribution in [3.8, 4) is 22.9 Å². The molecule has 3 aromatic rings. The molecule has 2 aromatic carbocycles. The number of nitrogens with one attached hydrogen (secondary N) is 1. The van der Waals surface area contributed by atoms with Crippen LogP contribution in [0.1, 0.15) is 44.6 Å². The average Bonchev–Trinajstić information content (AvgIpc) is 3.22. The number of hydrogen-bond acceptors (Lipinski definition) is 6. The minimum Gasteiger partial charge on any atom is -0.493 e. The lowest BCUT2D eigenvalue weighted by Crippen LogP contribution is -2.12. The minimum absolute atomic E-state index is 0.151. The molecule has 0 aliphatic rings. The molecular formula is C23H27N3O4. The van der Waals surface area contributed by atoms with E-state index >= 15 is 0 Å². The van der Waals surface area contributed by atoms with Crippen molar-refractivity contribution in [2.24, 2.45) is 0 Å². The van der Waals surface area contributed by atoms with Crippen molar-refractivity contribution >= 4 is 11.6 Å². The molecule has 1 aromatic heterocycles. The van der Waals surface area contributed by atoms with Crippen molar-refractivity contribution in [3.05, 3.63) is 53.9 Å². The first kappa shape index (κ1) is 21.4. The molecular weight excluding hydrogens is 382 g/mol. The number of benzene rings is 2. The summed E-state index contributed by atoms with van der Waals surface area (Å²) in [5.41, 5.74) is 2.78. The van der Waals surface area contributed by atoms with Gasteiger partial charge in [0.15, 0.2) is 11.5 Å². The molecule has 0 aliphatic carbocycles. The molecule has 0 aliphatic heterocycles. The first-order chi connectivity index (χ1) is 14.5. The van der Waals surface area contributed by atoms with E-state index in [1.807, 2.05) is 19.1 Å². The molecule has 1 amide bonds. The number of carbonyl (C=O) groups is 1. The second-order valence-corrected chi connectivity index (χ2v) is 7.14. The number of ether oxygens (including phenoxy) is 2. The van der Waals surface area contributed by atoms with Crippen LogP contribution in [0, 0.1) is 0 Å². The maximum Gasteiger partial charge on any atom is 0.227 e. The number of hydrogen-bond donors (Lipinski definition) is 1. The number of methoxy groups -OCH3 is 1. The molecule has 7 nitrogen and oxygen atoms in total. The quantitative estimate of drug-likeness (QED) is 0.544. The van der Waals surface area contributed by atoms with Crippen molar-refractivity contribution in [3.63, 3.8) is 0 Å². The summed E-state index contributed by atoms with van der Waals surface area (Å²) in [5, 5.41) is 6.87. The molecule has 0 fully saturated rings. The van der Waals surface area contributed by atoms with E-state index in [1.54, 1.807) is 25.3 Å². The van der Waals surface area contributed by atoms with E-state index < -0.39 is 0 Å². The van der Waals surface area contributed by atoms with Crippen LogP contribution in [0.15, 0.2) is 47.0 Å². The van der Waals surface area contributed by atoms with Gasteiger partial charge >= 0.3 is 0 Å². The summed E-state index contributed by atoms with van der Waals surface area (Å²) >= 11 is 0. The summed E-state index contributed by atoms with van der Waals surface area (Å²) in [4.78, 5) is 16.7. The predicted molar refractivity (Wildman–Crippen MR) is 115 cm³/mol. The Morgan fingerprint density at radius 3 is 2.57 bits per heavy atom. The molecule has 7 heteroatoms. The number of amides is 1. The summed E-state index contributed by atoms with van der Waals surface area (Å²) < 4.78 is 16.1. The van der Waals surface area contributed by atoms with Gasteiger partial charge in [0.2, 0.25) is 17.6 Å². The lowest BCUT2D eigenvalue weighted by atomic mass is 10.0. The molecule has 0 bridgehead atoms. The summed E-state index contributed by atoms with van der Waals surface area (Å²) in [6.45, 7) is 6.74. The molecule has 158 valence electrons. The number of carbonyl (C=O) groups excluding carboxylic acids is 1. The van der Waals surface area contributed by atoms with Gasteiger partial charge in [-0.05, 0) is 30.5 Å². The van der Waals surface area contributed by atoms with Gasteiger partial charge in [-0.25, -0.2) is 0 Å². The summed E-state index contributed by atoms with van der Waals surface area (Å²) in [6, 6.07) is 13.4. The minimum atomic E-state index is -0.151. The van der Waals surface area contributed by atoms with E-state index in [9.17, 15) is 4.79 Å². The lowest BCUT2D eigenvalue weighted by Gasteiger charge is -2.11. The lowest BCUT2D eigenvalue weighted by molar-refractivity contribution is -0.116. The molecule has 0 saturated carbocycles.